The molecule has 2 bridgehead atoms. The number of hydrogen-bond acceptors (Lipinski definition) is 5. The van der Waals surface area contributed by atoms with Crippen molar-refractivity contribution in [2.45, 2.75) is 38.8 Å². The number of rotatable bonds is 2. The number of benzene rings is 1. The SMILES string of the molecule is C/C=C1/CN(C)[C@H]2Cc3c([nH]c4ccccc34)[C@@H](OC(C)=O)C[C@@H]1C2C(=O)OC. The van der Waals surface area contributed by atoms with Crippen molar-refractivity contribution < 1.29 is 19.1 Å². The monoisotopic (exact) mass is 396 g/mol. The summed E-state index contributed by atoms with van der Waals surface area (Å²) in [5.41, 5.74) is 4.29. The second kappa shape index (κ2) is 7.67. The number of likely N-dealkylation sites (tertiary alicyclic amines) is 1. The number of likely N-dealkylation sites (N-methyl/N-ethyl adjacent to an activating group) is 1. The molecule has 1 aliphatic carbocycles. The van der Waals surface area contributed by atoms with E-state index in [1.54, 1.807) is 0 Å². The van der Waals surface area contributed by atoms with Crippen LogP contribution in [-0.2, 0) is 25.5 Å². The molecule has 0 spiro atoms. The second-order valence-electron chi connectivity index (χ2n) is 8.10. The molecule has 0 radical (unpaired) electrons. The number of nitrogens with zero attached hydrogens (tertiary/aromatic N) is 1. The van der Waals surface area contributed by atoms with Crippen LogP contribution in [-0.4, -0.2) is 48.6 Å². The van der Waals surface area contributed by atoms with Gasteiger partial charge in [-0.05, 0) is 44.4 Å². The molecule has 1 aromatic heterocycles. The number of fused-ring (bicyclic) bond motifs is 5. The van der Waals surface area contributed by atoms with Crippen molar-refractivity contribution in [1.29, 1.82) is 0 Å². The first-order valence-corrected chi connectivity index (χ1v) is 10.1. The van der Waals surface area contributed by atoms with Crippen molar-refractivity contribution in [1.82, 2.24) is 9.88 Å². The lowest BCUT2D eigenvalue weighted by Gasteiger charge is -2.46. The molecule has 4 atom stereocenters. The molecule has 1 unspecified atom stereocenters. The van der Waals surface area contributed by atoms with Gasteiger partial charge >= 0.3 is 11.9 Å². The molecule has 1 aromatic carbocycles. The molecule has 1 fully saturated rings. The molecular formula is C23H28N2O4. The van der Waals surface area contributed by atoms with E-state index in [4.69, 9.17) is 9.47 Å². The molecule has 1 saturated heterocycles. The van der Waals surface area contributed by atoms with Gasteiger partial charge in [0, 0.05) is 30.4 Å². The molecule has 0 saturated carbocycles. The van der Waals surface area contributed by atoms with Crippen LogP contribution in [0, 0.1) is 11.8 Å². The Bertz CT molecular complexity index is 976. The molecule has 154 valence electrons. The highest BCUT2D eigenvalue weighted by molar-refractivity contribution is 5.85. The fraction of sp³-hybridized carbons (Fsp3) is 0.478. The summed E-state index contributed by atoms with van der Waals surface area (Å²) in [6, 6.07) is 8.15. The smallest absolute Gasteiger partial charge is 0.310 e. The molecule has 2 aromatic rings. The maximum atomic E-state index is 12.9. The van der Waals surface area contributed by atoms with Gasteiger partial charge in [0.05, 0.1) is 18.7 Å². The minimum Gasteiger partial charge on any atom is -0.469 e. The summed E-state index contributed by atoms with van der Waals surface area (Å²) in [6.07, 6.45) is 2.92. The first-order chi connectivity index (χ1) is 13.9. The van der Waals surface area contributed by atoms with Gasteiger partial charge in [0.2, 0.25) is 0 Å². The van der Waals surface area contributed by atoms with Crippen LogP contribution in [0.4, 0.5) is 0 Å². The lowest BCUT2D eigenvalue weighted by atomic mass is 9.70. The zero-order valence-corrected chi connectivity index (χ0v) is 17.4. The fourth-order valence-electron chi connectivity index (χ4n) is 5.22. The minimum atomic E-state index is -0.425. The molecule has 6 heteroatoms. The van der Waals surface area contributed by atoms with Crippen molar-refractivity contribution in [3.63, 3.8) is 0 Å². The molecular weight excluding hydrogens is 368 g/mol. The lowest BCUT2D eigenvalue weighted by Crippen LogP contribution is -2.53. The van der Waals surface area contributed by atoms with Gasteiger partial charge in [-0.3, -0.25) is 14.5 Å². The van der Waals surface area contributed by atoms with Crippen molar-refractivity contribution in [3.05, 3.63) is 47.2 Å². The summed E-state index contributed by atoms with van der Waals surface area (Å²) in [5.74, 6) is -0.848. The Hall–Kier alpha value is -2.60. The first-order valence-electron chi connectivity index (χ1n) is 10.1. The summed E-state index contributed by atoms with van der Waals surface area (Å²) in [6.45, 7) is 4.24. The van der Waals surface area contributed by atoms with Gasteiger partial charge in [0.25, 0.3) is 0 Å². The highest BCUT2D eigenvalue weighted by Gasteiger charge is 2.47. The molecule has 0 amide bonds. The first kappa shape index (κ1) is 19.7. The van der Waals surface area contributed by atoms with Crippen molar-refractivity contribution in [2.75, 3.05) is 20.7 Å². The fourth-order valence-corrected chi connectivity index (χ4v) is 5.22. The molecule has 29 heavy (non-hydrogen) atoms. The number of hydrogen-bond donors (Lipinski definition) is 1. The summed E-state index contributed by atoms with van der Waals surface area (Å²) >= 11 is 0. The Morgan fingerprint density at radius 2 is 2.03 bits per heavy atom. The quantitative estimate of drug-likeness (QED) is 0.622. The number of allylic oxidation sites excluding steroid dienone is 1. The number of para-hydroxylation sites is 1. The molecule has 4 rings (SSSR count). The zero-order chi connectivity index (χ0) is 20.7. The van der Waals surface area contributed by atoms with E-state index in [9.17, 15) is 9.59 Å². The number of aromatic nitrogens is 1. The molecule has 1 N–H and O–H groups in total. The van der Waals surface area contributed by atoms with Crippen LogP contribution in [0.3, 0.4) is 0 Å². The largest absolute Gasteiger partial charge is 0.469 e. The van der Waals surface area contributed by atoms with Crippen molar-refractivity contribution in [2.24, 2.45) is 11.8 Å². The zero-order valence-electron chi connectivity index (χ0n) is 17.4. The van der Waals surface area contributed by atoms with Crippen LogP contribution in [0.1, 0.15) is 37.6 Å². The third kappa shape index (κ3) is 3.35. The van der Waals surface area contributed by atoms with E-state index in [0.29, 0.717) is 12.8 Å². The standard InChI is InChI=1S/C23H28N2O4/c1-5-14-12-25(3)19-10-17-15-8-6-7-9-18(15)24-22(17)20(29-13(2)26)11-16(14)21(19)23(27)28-4/h5-9,16,19-21,24H,10-12H2,1-4H3/b14-5-/t16-,19-,20-,21?/m0/s1. The molecule has 6 nitrogen and oxygen atoms in total. The van der Waals surface area contributed by atoms with Gasteiger partial charge in [0.1, 0.15) is 6.10 Å². The minimum absolute atomic E-state index is 0.0207. The number of H-pyrrole nitrogens is 1. The number of aromatic amines is 1. The average molecular weight is 396 g/mol. The average Bonchev–Trinajstić information content (AvgIpc) is 3.05. The van der Waals surface area contributed by atoms with Gasteiger partial charge in [-0.2, -0.15) is 0 Å². The maximum absolute atomic E-state index is 12.9. The predicted octanol–water partition coefficient (Wildman–Crippen LogP) is 3.38. The number of carbonyl (C=O) groups is 2. The van der Waals surface area contributed by atoms with Crippen LogP contribution < -0.4 is 0 Å². The second-order valence-corrected chi connectivity index (χ2v) is 8.10. The number of carbonyl (C=O) groups excluding carboxylic acids is 2. The Morgan fingerprint density at radius 1 is 1.28 bits per heavy atom. The Morgan fingerprint density at radius 3 is 2.72 bits per heavy atom. The van der Waals surface area contributed by atoms with E-state index in [1.807, 2.05) is 25.1 Å². The van der Waals surface area contributed by atoms with Crippen molar-refractivity contribution >= 4 is 22.8 Å². The third-order valence-electron chi connectivity index (χ3n) is 6.52. The van der Waals surface area contributed by atoms with Crippen LogP contribution in [0.15, 0.2) is 35.9 Å². The Balaban J connectivity index is 1.92. The highest BCUT2D eigenvalue weighted by atomic mass is 16.5. The summed E-state index contributed by atoms with van der Waals surface area (Å²) in [5, 5.41) is 1.12. The molecule has 2 heterocycles. The van der Waals surface area contributed by atoms with E-state index >= 15 is 0 Å². The Kier molecular flexibility index (Phi) is 5.21. The summed E-state index contributed by atoms with van der Waals surface area (Å²) in [7, 11) is 3.52. The number of nitrogens with one attached hydrogen (secondary N) is 1. The Labute approximate surface area is 170 Å². The van der Waals surface area contributed by atoms with Crippen LogP contribution in [0.2, 0.25) is 0 Å². The van der Waals surface area contributed by atoms with Crippen LogP contribution in [0.5, 0.6) is 0 Å². The topological polar surface area (TPSA) is 71.6 Å². The van der Waals surface area contributed by atoms with E-state index in [1.165, 1.54) is 19.6 Å². The van der Waals surface area contributed by atoms with Crippen LogP contribution >= 0.6 is 0 Å². The van der Waals surface area contributed by atoms with Gasteiger partial charge in [-0.25, -0.2) is 0 Å². The van der Waals surface area contributed by atoms with Crippen LogP contribution in [0.25, 0.3) is 10.9 Å². The van der Waals surface area contributed by atoms with Gasteiger partial charge in [-0.1, -0.05) is 29.8 Å². The summed E-state index contributed by atoms with van der Waals surface area (Å²) in [4.78, 5) is 30.6. The van der Waals surface area contributed by atoms with Gasteiger partial charge in [0.15, 0.2) is 0 Å². The molecule has 1 aliphatic heterocycles. The van der Waals surface area contributed by atoms with E-state index < -0.39 is 6.10 Å². The van der Waals surface area contributed by atoms with Crippen molar-refractivity contribution in [3.8, 4) is 0 Å². The maximum Gasteiger partial charge on any atom is 0.310 e. The third-order valence-corrected chi connectivity index (χ3v) is 6.52. The number of piperidine rings is 1. The lowest BCUT2D eigenvalue weighted by molar-refractivity contribution is -0.153. The predicted molar refractivity (Wildman–Crippen MR) is 110 cm³/mol. The highest BCUT2D eigenvalue weighted by Crippen LogP contribution is 2.45. The normalized spacial score (nSPS) is 28.5. The van der Waals surface area contributed by atoms with E-state index in [-0.39, 0.29) is 29.8 Å². The number of ether oxygens (including phenoxy) is 2. The molecule has 2 aliphatic rings. The van der Waals surface area contributed by atoms with E-state index in [2.05, 4.69) is 29.1 Å². The summed E-state index contributed by atoms with van der Waals surface area (Å²) < 4.78 is 11.0. The van der Waals surface area contributed by atoms with E-state index in [0.717, 1.165) is 28.7 Å². The number of methoxy groups -OCH3 is 1. The van der Waals surface area contributed by atoms with Gasteiger partial charge in [-0.15, -0.1) is 0 Å². The number of esters is 2. The van der Waals surface area contributed by atoms with Gasteiger partial charge < -0.3 is 14.5 Å².